The largest absolute Gasteiger partial charge is 0.190 e. The Labute approximate surface area is 127 Å². The van der Waals surface area contributed by atoms with Gasteiger partial charge in [0.1, 0.15) is 12.2 Å². The van der Waals surface area contributed by atoms with E-state index in [0.717, 1.165) is 25.7 Å². The zero-order valence-corrected chi connectivity index (χ0v) is 13.1. The Morgan fingerprint density at radius 2 is 2.05 bits per heavy atom. The van der Waals surface area contributed by atoms with Gasteiger partial charge < -0.3 is 0 Å². The number of halogens is 2. The fraction of sp³-hybridized carbons (Fsp3) is 0.765. The average molecular weight is 302 g/mol. The Hall–Kier alpha value is -0.740. The van der Waals surface area contributed by atoms with Crippen LogP contribution in [0.3, 0.4) is 0 Å². The summed E-state index contributed by atoms with van der Waals surface area (Å²) in [6, 6.07) is 0. The standard InChI is InChI=1S/C17H28F2O2/c1-4-8-14-10-7-12-16(21-19)17(14)15(20-18)11-6-5-9-13(2)3/h4-5,9,13-17H,1,6-8,10-12H2,2-3H3/b9-5+. The Morgan fingerprint density at radius 1 is 1.29 bits per heavy atom. The summed E-state index contributed by atoms with van der Waals surface area (Å²) >= 11 is 0. The quantitative estimate of drug-likeness (QED) is 0.523. The Kier molecular flexibility index (Phi) is 8.77. The highest BCUT2D eigenvalue weighted by molar-refractivity contribution is 4.92. The first-order valence-electron chi connectivity index (χ1n) is 7.96. The molecule has 0 N–H and O–H groups in total. The number of allylic oxidation sites excluding steroid dienone is 3. The summed E-state index contributed by atoms with van der Waals surface area (Å²) in [4.78, 5) is 8.30. The average Bonchev–Trinajstić information content (AvgIpc) is 2.48. The molecule has 4 unspecified atom stereocenters. The zero-order valence-electron chi connectivity index (χ0n) is 13.1. The van der Waals surface area contributed by atoms with E-state index >= 15 is 0 Å². The number of hydrogen-bond donors (Lipinski definition) is 0. The van der Waals surface area contributed by atoms with Crippen LogP contribution < -0.4 is 0 Å². The minimum atomic E-state index is -0.618. The van der Waals surface area contributed by atoms with Crippen molar-refractivity contribution in [3.63, 3.8) is 0 Å². The third kappa shape index (κ3) is 5.87. The van der Waals surface area contributed by atoms with Gasteiger partial charge in [-0.15, -0.1) is 6.58 Å². The Bertz CT molecular complexity index is 318. The van der Waals surface area contributed by atoms with Gasteiger partial charge in [-0.2, -0.15) is 9.88 Å². The molecule has 2 nitrogen and oxygen atoms in total. The molecule has 0 aliphatic heterocycles. The molecule has 4 heteroatoms. The van der Waals surface area contributed by atoms with Gasteiger partial charge in [0, 0.05) is 5.92 Å². The van der Waals surface area contributed by atoms with Crippen LogP contribution in [0.1, 0.15) is 52.4 Å². The molecule has 0 heterocycles. The second-order valence-corrected chi connectivity index (χ2v) is 6.30. The van der Waals surface area contributed by atoms with E-state index in [2.05, 4.69) is 36.4 Å². The van der Waals surface area contributed by atoms with Crippen molar-refractivity contribution in [2.24, 2.45) is 17.8 Å². The van der Waals surface area contributed by atoms with Crippen LogP contribution in [-0.2, 0) is 9.88 Å². The molecule has 0 amide bonds. The lowest BCUT2D eigenvalue weighted by Crippen LogP contribution is -2.41. The first-order chi connectivity index (χ1) is 10.1. The molecular weight excluding hydrogens is 274 g/mol. The van der Waals surface area contributed by atoms with Crippen molar-refractivity contribution in [3.05, 3.63) is 24.8 Å². The van der Waals surface area contributed by atoms with E-state index in [1.165, 1.54) is 0 Å². The molecule has 1 fully saturated rings. The maximum absolute atomic E-state index is 13.0. The predicted octanol–water partition coefficient (Wildman–Crippen LogP) is 5.51. The van der Waals surface area contributed by atoms with Crippen LogP contribution in [0.25, 0.3) is 0 Å². The van der Waals surface area contributed by atoms with Crippen LogP contribution in [0.15, 0.2) is 24.8 Å². The van der Waals surface area contributed by atoms with Gasteiger partial charge in [-0.3, -0.25) is 0 Å². The van der Waals surface area contributed by atoms with Crippen molar-refractivity contribution < 1.29 is 18.9 Å². The van der Waals surface area contributed by atoms with E-state index in [-0.39, 0.29) is 11.8 Å². The molecule has 1 aliphatic carbocycles. The smallest absolute Gasteiger partial charge is 0.104 e. The summed E-state index contributed by atoms with van der Waals surface area (Å²) in [6.07, 6.45) is 9.21. The topological polar surface area (TPSA) is 18.5 Å². The van der Waals surface area contributed by atoms with Crippen molar-refractivity contribution in [1.82, 2.24) is 0 Å². The highest BCUT2D eigenvalue weighted by atomic mass is 19.3. The zero-order chi connectivity index (χ0) is 15.7. The van der Waals surface area contributed by atoms with Crippen LogP contribution in [0, 0.1) is 17.8 Å². The fourth-order valence-corrected chi connectivity index (χ4v) is 3.33. The van der Waals surface area contributed by atoms with E-state index in [4.69, 9.17) is 0 Å². The normalized spacial score (nSPS) is 28.1. The van der Waals surface area contributed by atoms with E-state index in [1.807, 2.05) is 12.2 Å². The SMILES string of the molecule is C=CCC1CCCC(OF)C1C(CC/C=C/C(C)C)OF. The second kappa shape index (κ2) is 10.1. The van der Waals surface area contributed by atoms with Gasteiger partial charge in [-0.1, -0.05) is 38.5 Å². The van der Waals surface area contributed by atoms with Crippen molar-refractivity contribution in [2.75, 3.05) is 0 Å². The summed E-state index contributed by atoms with van der Waals surface area (Å²) < 4.78 is 25.8. The third-order valence-corrected chi connectivity index (χ3v) is 4.30. The van der Waals surface area contributed by atoms with Crippen LogP contribution >= 0.6 is 0 Å². The van der Waals surface area contributed by atoms with Gasteiger partial charge in [0.25, 0.3) is 0 Å². The number of rotatable bonds is 9. The summed E-state index contributed by atoms with van der Waals surface area (Å²) in [5, 5.41) is 0. The predicted molar refractivity (Wildman–Crippen MR) is 80.8 cm³/mol. The molecule has 0 aromatic rings. The maximum Gasteiger partial charge on any atom is 0.104 e. The molecule has 21 heavy (non-hydrogen) atoms. The fourth-order valence-electron chi connectivity index (χ4n) is 3.33. The molecule has 1 saturated carbocycles. The first-order valence-corrected chi connectivity index (χ1v) is 7.96. The molecule has 0 aromatic carbocycles. The van der Waals surface area contributed by atoms with Gasteiger partial charge >= 0.3 is 0 Å². The number of hydrogen-bond acceptors (Lipinski definition) is 2. The van der Waals surface area contributed by atoms with Crippen molar-refractivity contribution in [3.8, 4) is 0 Å². The van der Waals surface area contributed by atoms with Crippen molar-refractivity contribution >= 4 is 0 Å². The summed E-state index contributed by atoms with van der Waals surface area (Å²) in [6.45, 7) is 7.92. The molecule has 0 bridgehead atoms. The third-order valence-electron chi connectivity index (χ3n) is 4.30. The van der Waals surface area contributed by atoms with Crippen LogP contribution in [-0.4, -0.2) is 12.2 Å². The lowest BCUT2D eigenvalue weighted by atomic mass is 9.72. The summed E-state index contributed by atoms with van der Waals surface area (Å²) in [7, 11) is 0. The van der Waals surface area contributed by atoms with Gasteiger partial charge in [0.05, 0.1) is 0 Å². The minimum absolute atomic E-state index is 0.173. The van der Waals surface area contributed by atoms with E-state index < -0.39 is 12.2 Å². The summed E-state index contributed by atoms with van der Waals surface area (Å²) in [5.41, 5.74) is 0. The second-order valence-electron chi connectivity index (χ2n) is 6.30. The van der Waals surface area contributed by atoms with Gasteiger partial charge in [0.15, 0.2) is 0 Å². The molecule has 122 valence electrons. The van der Waals surface area contributed by atoms with Crippen LogP contribution in [0.5, 0.6) is 0 Å². The summed E-state index contributed by atoms with van der Waals surface area (Å²) in [5.74, 6) is 0.394. The lowest BCUT2D eigenvalue weighted by Gasteiger charge is -2.38. The lowest BCUT2D eigenvalue weighted by molar-refractivity contribution is -0.263. The van der Waals surface area contributed by atoms with E-state index in [9.17, 15) is 9.05 Å². The van der Waals surface area contributed by atoms with Gasteiger partial charge in [0.2, 0.25) is 0 Å². The molecule has 1 aliphatic rings. The molecular formula is C17H28F2O2. The van der Waals surface area contributed by atoms with E-state index in [0.29, 0.717) is 18.8 Å². The molecule has 1 rings (SSSR count). The van der Waals surface area contributed by atoms with Gasteiger partial charge in [-0.05, 0) is 53.0 Å². The highest BCUT2D eigenvalue weighted by Gasteiger charge is 2.40. The van der Waals surface area contributed by atoms with Crippen LogP contribution in [0.4, 0.5) is 9.05 Å². The maximum atomic E-state index is 13.0. The van der Waals surface area contributed by atoms with Gasteiger partial charge in [-0.25, -0.2) is 0 Å². The molecule has 0 saturated heterocycles. The molecule has 4 atom stereocenters. The van der Waals surface area contributed by atoms with Crippen molar-refractivity contribution in [2.45, 2.75) is 64.6 Å². The highest BCUT2D eigenvalue weighted by Crippen LogP contribution is 2.39. The molecule has 0 spiro atoms. The minimum Gasteiger partial charge on any atom is -0.190 e. The molecule has 0 radical (unpaired) electrons. The Morgan fingerprint density at radius 3 is 2.62 bits per heavy atom. The first kappa shape index (κ1) is 18.3. The van der Waals surface area contributed by atoms with Crippen molar-refractivity contribution in [1.29, 1.82) is 0 Å². The Balaban J connectivity index is 2.68. The van der Waals surface area contributed by atoms with E-state index in [1.54, 1.807) is 0 Å². The monoisotopic (exact) mass is 302 g/mol. The molecule has 0 aromatic heterocycles. The van der Waals surface area contributed by atoms with Crippen LogP contribution in [0.2, 0.25) is 0 Å².